The van der Waals surface area contributed by atoms with E-state index in [0.29, 0.717) is 12.4 Å². The van der Waals surface area contributed by atoms with Crippen molar-refractivity contribution in [2.75, 3.05) is 38.5 Å². The van der Waals surface area contributed by atoms with Gasteiger partial charge in [-0.2, -0.15) is 0 Å². The van der Waals surface area contributed by atoms with E-state index in [4.69, 9.17) is 9.47 Å². The summed E-state index contributed by atoms with van der Waals surface area (Å²) in [6.45, 7) is 0.374. The summed E-state index contributed by atoms with van der Waals surface area (Å²) in [4.78, 5) is 10.8. The number of hydrogen-bond donors (Lipinski definition) is 1. The second kappa shape index (κ2) is 6.90. The maximum Gasteiger partial charge on any atom is 0.158 e. The fourth-order valence-electron chi connectivity index (χ4n) is 1.91. The number of nitrogens with zero attached hydrogens (tertiary/aromatic N) is 3. The first-order chi connectivity index (χ1) is 10.2. The normalized spacial score (nSPS) is 10.3. The second-order valence-electron chi connectivity index (χ2n) is 4.47. The average molecular weight is 288 g/mol. The van der Waals surface area contributed by atoms with Crippen molar-refractivity contribution in [3.63, 3.8) is 0 Å². The van der Waals surface area contributed by atoms with Crippen LogP contribution < -0.4 is 15.0 Å². The third-order valence-electron chi connectivity index (χ3n) is 3.09. The van der Waals surface area contributed by atoms with Gasteiger partial charge in [0, 0.05) is 33.0 Å². The van der Waals surface area contributed by atoms with Crippen LogP contribution in [0, 0.1) is 0 Å². The van der Waals surface area contributed by atoms with Gasteiger partial charge in [0.25, 0.3) is 0 Å². The lowest BCUT2D eigenvalue weighted by Gasteiger charge is -2.20. The van der Waals surface area contributed by atoms with E-state index in [-0.39, 0.29) is 0 Å². The Morgan fingerprint density at radius 1 is 1.14 bits per heavy atom. The van der Waals surface area contributed by atoms with E-state index in [1.54, 1.807) is 14.2 Å². The molecule has 0 bridgehead atoms. The molecule has 6 heteroatoms. The van der Waals surface area contributed by atoms with E-state index in [9.17, 15) is 0 Å². The fourth-order valence-corrected chi connectivity index (χ4v) is 1.91. The molecule has 0 aliphatic rings. The zero-order valence-corrected chi connectivity index (χ0v) is 12.8. The molecule has 0 unspecified atom stereocenters. The largest absolute Gasteiger partial charge is 0.497 e. The monoisotopic (exact) mass is 288 g/mol. The number of aromatic nitrogens is 2. The Kier molecular flexibility index (Phi) is 4.94. The molecule has 0 atom stereocenters. The SMILES string of the molecule is CNc1cc(N(C)c2ccc(OC)cc2)nc(COC)n1. The molecule has 1 heterocycles. The number of anilines is 3. The first-order valence-electron chi connectivity index (χ1n) is 6.60. The topological polar surface area (TPSA) is 59.5 Å². The highest BCUT2D eigenvalue weighted by Crippen LogP contribution is 2.25. The van der Waals surface area contributed by atoms with Crippen LogP contribution in [0.2, 0.25) is 0 Å². The van der Waals surface area contributed by atoms with Crippen LogP contribution in [0.4, 0.5) is 17.3 Å². The van der Waals surface area contributed by atoms with Crippen molar-refractivity contribution in [1.29, 1.82) is 0 Å². The molecular formula is C15H20N4O2. The molecule has 21 heavy (non-hydrogen) atoms. The number of benzene rings is 1. The van der Waals surface area contributed by atoms with Crippen molar-refractivity contribution in [3.8, 4) is 5.75 Å². The van der Waals surface area contributed by atoms with Gasteiger partial charge >= 0.3 is 0 Å². The Balaban J connectivity index is 2.31. The minimum absolute atomic E-state index is 0.374. The highest BCUT2D eigenvalue weighted by Gasteiger charge is 2.10. The third kappa shape index (κ3) is 3.61. The first kappa shape index (κ1) is 15.1. The van der Waals surface area contributed by atoms with E-state index in [2.05, 4.69) is 15.3 Å². The summed E-state index contributed by atoms with van der Waals surface area (Å²) in [5, 5.41) is 3.04. The molecule has 1 aromatic carbocycles. The molecule has 0 amide bonds. The van der Waals surface area contributed by atoms with Gasteiger partial charge in [-0.15, -0.1) is 0 Å². The van der Waals surface area contributed by atoms with E-state index < -0.39 is 0 Å². The minimum atomic E-state index is 0.374. The van der Waals surface area contributed by atoms with Gasteiger partial charge in [0.15, 0.2) is 5.82 Å². The van der Waals surface area contributed by atoms with Crippen molar-refractivity contribution in [3.05, 3.63) is 36.2 Å². The Labute approximate surface area is 124 Å². The van der Waals surface area contributed by atoms with Gasteiger partial charge in [-0.25, -0.2) is 9.97 Å². The zero-order valence-electron chi connectivity index (χ0n) is 12.8. The standard InChI is InChI=1S/C15H20N4O2/c1-16-13-9-15(18-14(17-13)10-20-3)19(2)11-5-7-12(21-4)8-6-11/h5-9H,10H2,1-4H3,(H,16,17,18). The van der Waals surface area contributed by atoms with Crippen LogP contribution in [0.1, 0.15) is 5.82 Å². The number of hydrogen-bond acceptors (Lipinski definition) is 6. The number of nitrogens with one attached hydrogen (secondary N) is 1. The summed E-state index contributed by atoms with van der Waals surface area (Å²) in [5.74, 6) is 3.02. The van der Waals surface area contributed by atoms with Gasteiger partial charge in [0.2, 0.25) is 0 Å². The van der Waals surface area contributed by atoms with Gasteiger partial charge < -0.3 is 19.7 Å². The molecule has 2 rings (SSSR count). The highest BCUT2D eigenvalue weighted by molar-refractivity contribution is 5.62. The molecule has 2 aromatic rings. The van der Waals surface area contributed by atoms with Crippen LogP contribution in [0.15, 0.2) is 30.3 Å². The Morgan fingerprint density at radius 3 is 2.43 bits per heavy atom. The molecular weight excluding hydrogens is 268 g/mol. The van der Waals surface area contributed by atoms with Gasteiger partial charge in [-0.05, 0) is 24.3 Å². The van der Waals surface area contributed by atoms with Gasteiger partial charge in [-0.3, -0.25) is 0 Å². The quantitative estimate of drug-likeness (QED) is 0.881. The second-order valence-corrected chi connectivity index (χ2v) is 4.47. The lowest BCUT2D eigenvalue weighted by atomic mass is 10.3. The summed E-state index contributed by atoms with van der Waals surface area (Å²) in [6.07, 6.45) is 0. The Morgan fingerprint density at radius 2 is 1.86 bits per heavy atom. The average Bonchev–Trinajstić information content (AvgIpc) is 2.54. The van der Waals surface area contributed by atoms with Crippen LogP contribution in [0.3, 0.4) is 0 Å². The molecule has 6 nitrogen and oxygen atoms in total. The van der Waals surface area contributed by atoms with Crippen LogP contribution in [-0.2, 0) is 11.3 Å². The third-order valence-corrected chi connectivity index (χ3v) is 3.09. The zero-order chi connectivity index (χ0) is 15.2. The summed E-state index contributed by atoms with van der Waals surface area (Å²) in [7, 11) is 7.07. The summed E-state index contributed by atoms with van der Waals surface area (Å²) in [6, 6.07) is 9.69. The van der Waals surface area contributed by atoms with Crippen molar-refractivity contribution in [2.24, 2.45) is 0 Å². The molecule has 112 valence electrons. The molecule has 0 saturated heterocycles. The smallest absolute Gasteiger partial charge is 0.158 e. The Bertz CT molecular complexity index is 587. The van der Waals surface area contributed by atoms with Crippen molar-refractivity contribution in [1.82, 2.24) is 9.97 Å². The number of methoxy groups -OCH3 is 2. The highest BCUT2D eigenvalue weighted by atomic mass is 16.5. The van der Waals surface area contributed by atoms with E-state index in [0.717, 1.165) is 23.1 Å². The molecule has 0 aliphatic heterocycles. The predicted molar refractivity (Wildman–Crippen MR) is 83.3 cm³/mol. The van der Waals surface area contributed by atoms with Crippen LogP contribution >= 0.6 is 0 Å². The Hall–Kier alpha value is -2.34. The molecule has 0 fully saturated rings. The van der Waals surface area contributed by atoms with Crippen LogP contribution in [-0.4, -0.2) is 38.3 Å². The van der Waals surface area contributed by atoms with Gasteiger partial charge in [0.05, 0.1) is 7.11 Å². The lowest BCUT2D eigenvalue weighted by molar-refractivity contribution is 0.178. The van der Waals surface area contributed by atoms with Crippen LogP contribution in [0.5, 0.6) is 5.75 Å². The first-order valence-corrected chi connectivity index (χ1v) is 6.60. The number of ether oxygens (including phenoxy) is 2. The molecule has 0 aliphatic carbocycles. The van der Waals surface area contributed by atoms with Crippen molar-refractivity contribution >= 4 is 17.3 Å². The molecule has 0 radical (unpaired) electrons. The maximum absolute atomic E-state index is 5.17. The molecule has 1 aromatic heterocycles. The molecule has 1 N–H and O–H groups in total. The summed E-state index contributed by atoms with van der Waals surface area (Å²) >= 11 is 0. The molecule has 0 spiro atoms. The van der Waals surface area contributed by atoms with E-state index in [1.807, 2.05) is 49.3 Å². The van der Waals surface area contributed by atoms with Gasteiger partial charge in [0.1, 0.15) is 24.0 Å². The summed E-state index contributed by atoms with van der Waals surface area (Å²) < 4.78 is 10.3. The van der Waals surface area contributed by atoms with E-state index >= 15 is 0 Å². The van der Waals surface area contributed by atoms with Crippen molar-refractivity contribution < 1.29 is 9.47 Å². The maximum atomic E-state index is 5.17. The predicted octanol–water partition coefficient (Wildman–Crippen LogP) is 2.44. The fraction of sp³-hybridized carbons (Fsp3) is 0.333. The van der Waals surface area contributed by atoms with Crippen molar-refractivity contribution in [2.45, 2.75) is 6.61 Å². The van der Waals surface area contributed by atoms with Gasteiger partial charge in [-0.1, -0.05) is 0 Å². The summed E-state index contributed by atoms with van der Waals surface area (Å²) in [5.41, 5.74) is 1.01. The molecule has 0 saturated carbocycles. The minimum Gasteiger partial charge on any atom is -0.497 e. The van der Waals surface area contributed by atoms with Crippen LogP contribution in [0.25, 0.3) is 0 Å². The lowest BCUT2D eigenvalue weighted by Crippen LogP contribution is -2.14. The van der Waals surface area contributed by atoms with E-state index in [1.165, 1.54) is 0 Å². The number of rotatable bonds is 6.